The molecule has 0 aliphatic rings. The van der Waals surface area contributed by atoms with E-state index in [-0.39, 0.29) is 0 Å². The molecule has 2 rings (SSSR count). The standard InChI is InChI=1S/C13H17N3OS/c1-17-11-4-2-10(3-5-11)6-7-15-13-16-9-12(8-14)18-13/h2-5,9H,6-8,14H2,1H3,(H,15,16). The average molecular weight is 263 g/mol. The van der Waals surface area contributed by atoms with Gasteiger partial charge in [0, 0.05) is 24.2 Å². The third-order valence-corrected chi connectivity index (χ3v) is 3.58. The number of thiazole rings is 1. The van der Waals surface area contributed by atoms with E-state index in [1.54, 1.807) is 18.4 Å². The van der Waals surface area contributed by atoms with Crippen LogP contribution in [0.1, 0.15) is 10.4 Å². The lowest BCUT2D eigenvalue weighted by Gasteiger charge is -2.04. The van der Waals surface area contributed by atoms with Crippen molar-refractivity contribution in [3.8, 4) is 5.75 Å². The zero-order chi connectivity index (χ0) is 12.8. The molecule has 1 heterocycles. The first-order valence-corrected chi connectivity index (χ1v) is 6.65. The van der Waals surface area contributed by atoms with Crippen LogP contribution >= 0.6 is 11.3 Å². The van der Waals surface area contributed by atoms with Gasteiger partial charge in [-0.1, -0.05) is 12.1 Å². The van der Waals surface area contributed by atoms with E-state index in [1.807, 2.05) is 18.3 Å². The minimum atomic E-state index is 0.553. The van der Waals surface area contributed by atoms with E-state index in [4.69, 9.17) is 10.5 Å². The van der Waals surface area contributed by atoms with Crippen LogP contribution in [-0.4, -0.2) is 18.6 Å². The van der Waals surface area contributed by atoms with Gasteiger partial charge < -0.3 is 15.8 Å². The third-order valence-electron chi connectivity index (χ3n) is 2.60. The number of anilines is 1. The minimum absolute atomic E-state index is 0.553. The number of benzene rings is 1. The number of nitrogens with zero attached hydrogens (tertiary/aromatic N) is 1. The highest BCUT2D eigenvalue weighted by atomic mass is 32.1. The Kier molecular flexibility index (Phi) is 4.55. The molecule has 2 aromatic rings. The van der Waals surface area contributed by atoms with E-state index in [0.29, 0.717) is 6.54 Å². The van der Waals surface area contributed by atoms with Crippen LogP contribution in [0.3, 0.4) is 0 Å². The summed E-state index contributed by atoms with van der Waals surface area (Å²) < 4.78 is 5.12. The molecule has 0 radical (unpaired) electrons. The molecule has 96 valence electrons. The Hall–Kier alpha value is -1.59. The smallest absolute Gasteiger partial charge is 0.182 e. The maximum Gasteiger partial charge on any atom is 0.182 e. The molecule has 1 aromatic carbocycles. The van der Waals surface area contributed by atoms with Gasteiger partial charge in [0.15, 0.2) is 5.13 Å². The summed E-state index contributed by atoms with van der Waals surface area (Å²) in [5.74, 6) is 0.888. The van der Waals surface area contributed by atoms with Gasteiger partial charge in [0.1, 0.15) is 5.75 Å². The van der Waals surface area contributed by atoms with Gasteiger partial charge in [0.2, 0.25) is 0 Å². The fourth-order valence-electron chi connectivity index (χ4n) is 1.59. The summed E-state index contributed by atoms with van der Waals surface area (Å²) in [5.41, 5.74) is 6.82. The molecule has 0 saturated carbocycles. The second-order valence-corrected chi connectivity index (χ2v) is 4.98. The van der Waals surface area contributed by atoms with E-state index in [2.05, 4.69) is 22.4 Å². The first-order valence-electron chi connectivity index (χ1n) is 5.83. The van der Waals surface area contributed by atoms with Crippen molar-refractivity contribution < 1.29 is 4.74 Å². The lowest BCUT2D eigenvalue weighted by atomic mass is 10.1. The third kappa shape index (κ3) is 3.45. The number of nitrogens with two attached hydrogens (primary N) is 1. The van der Waals surface area contributed by atoms with Crippen molar-refractivity contribution in [1.82, 2.24) is 4.98 Å². The summed E-state index contributed by atoms with van der Waals surface area (Å²) >= 11 is 1.61. The van der Waals surface area contributed by atoms with Crippen molar-refractivity contribution in [2.75, 3.05) is 19.0 Å². The predicted molar refractivity (Wildman–Crippen MR) is 75.2 cm³/mol. The van der Waals surface area contributed by atoms with Gasteiger partial charge in [-0.2, -0.15) is 0 Å². The average Bonchev–Trinajstić information content (AvgIpc) is 2.87. The van der Waals surface area contributed by atoms with Crippen LogP contribution in [0.15, 0.2) is 30.5 Å². The molecule has 0 saturated heterocycles. The van der Waals surface area contributed by atoms with Crippen LogP contribution in [0.5, 0.6) is 5.75 Å². The van der Waals surface area contributed by atoms with E-state index >= 15 is 0 Å². The number of ether oxygens (including phenoxy) is 1. The molecule has 0 spiro atoms. The van der Waals surface area contributed by atoms with Crippen LogP contribution in [0.25, 0.3) is 0 Å². The van der Waals surface area contributed by atoms with E-state index in [9.17, 15) is 0 Å². The molecule has 0 aliphatic heterocycles. The van der Waals surface area contributed by atoms with Crippen LogP contribution in [-0.2, 0) is 13.0 Å². The highest BCUT2D eigenvalue weighted by Gasteiger charge is 2.00. The Morgan fingerprint density at radius 3 is 2.72 bits per heavy atom. The number of rotatable bonds is 6. The number of aromatic nitrogens is 1. The molecule has 0 amide bonds. The topological polar surface area (TPSA) is 60.2 Å². The summed E-state index contributed by atoms with van der Waals surface area (Å²) in [4.78, 5) is 5.35. The number of methoxy groups -OCH3 is 1. The molecule has 0 atom stereocenters. The SMILES string of the molecule is COc1ccc(CCNc2ncc(CN)s2)cc1. The van der Waals surface area contributed by atoms with Crippen LogP contribution in [0.4, 0.5) is 5.13 Å². The lowest BCUT2D eigenvalue weighted by molar-refractivity contribution is 0.414. The molecule has 4 nitrogen and oxygen atoms in total. The first kappa shape index (κ1) is 12.9. The number of nitrogens with one attached hydrogen (secondary N) is 1. The summed E-state index contributed by atoms with van der Waals surface area (Å²) in [5, 5.41) is 4.23. The van der Waals surface area contributed by atoms with Crippen LogP contribution in [0, 0.1) is 0 Å². The van der Waals surface area contributed by atoms with Crippen LogP contribution < -0.4 is 15.8 Å². The minimum Gasteiger partial charge on any atom is -0.497 e. The van der Waals surface area contributed by atoms with Crippen LogP contribution in [0.2, 0.25) is 0 Å². The normalized spacial score (nSPS) is 10.3. The van der Waals surface area contributed by atoms with Crippen molar-refractivity contribution in [1.29, 1.82) is 0 Å². The van der Waals surface area contributed by atoms with E-state index < -0.39 is 0 Å². The monoisotopic (exact) mass is 263 g/mol. The largest absolute Gasteiger partial charge is 0.497 e. The second kappa shape index (κ2) is 6.37. The van der Waals surface area contributed by atoms with Gasteiger partial charge in [-0.3, -0.25) is 0 Å². The molecule has 5 heteroatoms. The van der Waals surface area contributed by atoms with Crippen molar-refractivity contribution in [2.45, 2.75) is 13.0 Å². The Labute approximate surface area is 111 Å². The van der Waals surface area contributed by atoms with Gasteiger partial charge in [-0.05, 0) is 24.1 Å². The maximum absolute atomic E-state index is 5.54. The highest BCUT2D eigenvalue weighted by Crippen LogP contribution is 2.17. The molecule has 0 bridgehead atoms. The Morgan fingerprint density at radius 1 is 1.33 bits per heavy atom. The Bertz CT molecular complexity index is 481. The predicted octanol–water partition coefficient (Wildman–Crippen LogP) is 2.27. The molecule has 0 aliphatic carbocycles. The fourth-order valence-corrected chi connectivity index (χ4v) is 2.31. The molecular formula is C13H17N3OS. The Morgan fingerprint density at radius 2 is 2.11 bits per heavy atom. The summed E-state index contributed by atoms with van der Waals surface area (Å²) in [6.45, 7) is 1.42. The second-order valence-electron chi connectivity index (χ2n) is 3.86. The van der Waals surface area contributed by atoms with Crippen molar-refractivity contribution in [2.24, 2.45) is 5.73 Å². The van der Waals surface area contributed by atoms with Crippen molar-refractivity contribution >= 4 is 16.5 Å². The van der Waals surface area contributed by atoms with Gasteiger partial charge in [-0.15, -0.1) is 11.3 Å². The molecule has 18 heavy (non-hydrogen) atoms. The molecule has 1 aromatic heterocycles. The van der Waals surface area contributed by atoms with Crippen molar-refractivity contribution in [3.05, 3.63) is 40.9 Å². The molecule has 3 N–H and O–H groups in total. The van der Waals surface area contributed by atoms with Gasteiger partial charge in [0.05, 0.1) is 7.11 Å². The van der Waals surface area contributed by atoms with Gasteiger partial charge in [0.25, 0.3) is 0 Å². The zero-order valence-electron chi connectivity index (χ0n) is 10.3. The van der Waals surface area contributed by atoms with E-state index in [0.717, 1.165) is 28.7 Å². The van der Waals surface area contributed by atoms with Gasteiger partial charge >= 0.3 is 0 Å². The van der Waals surface area contributed by atoms with E-state index in [1.165, 1.54) is 5.56 Å². The van der Waals surface area contributed by atoms with Gasteiger partial charge in [-0.25, -0.2) is 4.98 Å². The molecule has 0 unspecified atom stereocenters. The lowest BCUT2D eigenvalue weighted by Crippen LogP contribution is -2.04. The quantitative estimate of drug-likeness (QED) is 0.839. The van der Waals surface area contributed by atoms with Crippen molar-refractivity contribution in [3.63, 3.8) is 0 Å². The molecular weight excluding hydrogens is 246 g/mol. The zero-order valence-corrected chi connectivity index (χ0v) is 11.2. The summed E-state index contributed by atoms with van der Waals surface area (Å²) in [6.07, 6.45) is 2.78. The fraction of sp³-hybridized carbons (Fsp3) is 0.308. The first-order chi connectivity index (χ1) is 8.81. The number of hydrogen-bond acceptors (Lipinski definition) is 5. The number of hydrogen-bond donors (Lipinski definition) is 2. The summed E-state index contributed by atoms with van der Waals surface area (Å²) in [6, 6.07) is 8.11. The highest BCUT2D eigenvalue weighted by molar-refractivity contribution is 7.15. The molecule has 0 fully saturated rings. The maximum atomic E-state index is 5.54. The summed E-state index contributed by atoms with van der Waals surface area (Å²) in [7, 11) is 1.67. The Balaban J connectivity index is 1.80.